The molecular formula is C17H19ClN2O5S2. The molecule has 0 unspecified atom stereocenters. The zero-order chi connectivity index (χ0) is 19.9. The van der Waals surface area contributed by atoms with Crippen LogP contribution in [0.4, 0.5) is 0 Å². The summed E-state index contributed by atoms with van der Waals surface area (Å²) in [6.45, 7) is -0.196. The zero-order valence-corrected chi connectivity index (χ0v) is 16.6. The standard InChI is InChI=1S/C17H19ClN2O5S2/c18-15-8-4-5-9-16(15)27(24,25)20-11-10-17(21)19-12-13-26(22,23)14-6-2-1-3-7-14/h1-9,20H,10-13H2,(H,19,21). The van der Waals surface area contributed by atoms with Crippen molar-refractivity contribution in [3.05, 3.63) is 59.6 Å². The summed E-state index contributed by atoms with van der Waals surface area (Å²) in [5.74, 6) is -0.700. The quantitative estimate of drug-likeness (QED) is 0.628. The summed E-state index contributed by atoms with van der Waals surface area (Å²) in [5.41, 5.74) is 0. The molecule has 0 atom stereocenters. The number of hydrogen-bond donors (Lipinski definition) is 2. The summed E-state index contributed by atoms with van der Waals surface area (Å²) >= 11 is 5.86. The number of carbonyl (C=O) groups is 1. The number of halogens is 1. The molecule has 27 heavy (non-hydrogen) atoms. The highest BCUT2D eigenvalue weighted by atomic mass is 35.5. The molecule has 10 heteroatoms. The Kier molecular flexibility index (Phi) is 7.37. The number of rotatable bonds is 9. The van der Waals surface area contributed by atoms with Crippen molar-refractivity contribution in [3.8, 4) is 0 Å². The van der Waals surface area contributed by atoms with Crippen LogP contribution in [0, 0.1) is 0 Å². The number of sulfone groups is 1. The summed E-state index contributed by atoms with van der Waals surface area (Å²) < 4.78 is 50.7. The van der Waals surface area contributed by atoms with E-state index in [4.69, 9.17) is 11.6 Å². The third-order valence-corrected chi connectivity index (χ3v) is 7.26. The van der Waals surface area contributed by atoms with Gasteiger partial charge in [-0.15, -0.1) is 0 Å². The summed E-state index contributed by atoms with van der Waals surface area (Å²) in [6, 6.07) is 13.9. The Morgan fingerprint density at radius 2 is 1.52 bits per heavy atom. The van der Waals surface area contributed by atoms with E-state index in [0.29, 0.717) is 0 Å². The van der Waals surface area contributed by atoms with Crippen LogP contribution < -0.4 is 10.0 Å². The molecule has 1 amide bonds. The molecule has 146 valence electrons. The molecule has 0 aromatic heterocycles. The molecule has 2 aromatic carbocycles. The van der Waals surface area contributed by atoms with Gasteiger partial charge in [-0.2, -0.15) is 0 Å². The predicted octanol–water partition coefficient (Wildman–Crippen LogP) is 1.60. The molecule has 0 saturated carbocycles. The van der Waals surface area contributed by atoms with Crippen LogP contribution in [-0.2, 0) is 24.7 Å². The van der Waals surface area contributed by atoms with Crippen molar-refractivity contribution < 1.29 is 21.6 Å². The lowest BCUT2D eigenvalue weighted by Gasteiger charge is -2.09. The van der Waals surface area contributed by atoms with Crippen molar-refractivity contribution in [1.82, 2.24) is 10.0 Å². The molecule has 0 heterocycles. The van der Waals surface area contributed by atoms with Gasteiger partial charge < -0.3 is 5.32 Å². The van der Waals surface area contributed by atoms with Gasteiger partial charge in [0.25, 0.3) is 0 Å². The normalized spacial score (nSPS) is 11.9. The second kappa shape index (κ2) is 9.32. The molecule has 0 radical (unpaired) electrons. The van der Waals surface area contributed by atoms with Crippen molar-refractivity contribution in [2.45, 2.75) is 16.2 Å². The van der Waals surface area contributed by atoms with Gasteiger partial charge in [0.05, 0.1) is 15.7 Å². The van der Waals surface area contributed by atoms with Crippen LogP contribution in [0.15, 0.2) is 64.4 Å². The van der Waals surface area contributed by atoms with E-state index in [-0.39, 0.29) is 40.1 Å². The van der Waals surface area contributed by atoms with Gasteiger partial charge in [0.1, 0.15) is 4.90 Å². The lowest BCUT2D eigenvalue weighted by atomic mass is 10.4. The zero-order valence-electron chi connectivity index (χ0n) is 14.3. The number of benzene rings is 2. The van der Waals surface area contributed by atoms with E-state index < -0.39 is 25.8 Å². The van der Waals surface area contributed by atoms with Gasteiger partial charge in [0.15, 0.2) is 9.84 Å². The number of nitrogens with one attached hydrogen (secondary N) is 2. The Labute approximate surface area is 163 Å². The number of amides is 1. The maximum atomic E-state index is 12.1. The molecule has 2 N–H and O–H groups in total. The first-order valence-corrected chi connectivity index (χ1v) is 11.5. The van der Waals surface area contributed by atoms with Crippen LogP contribution >= 0.6 is 11.6 Å². The van der Waals surface area contributed by atoms with Crippen LogP contribution in [0.25, 0.3) is 0 Å². The minimum Gasteiger partial charge on any atom is -0.355 e. The third kappa shape index (κ3) is 6.31. The van der Waals surface area contributed by atoms with E-state index >= 15 is 0 Å². The molecule has 0 spiro atoms. The molecule has 2 aromatic rings. The van der Waals surface area contributed by atoms with Crippen molar-refractivity contribution in [3.63, 3.8) is 0 Å². The Hall–Kier alpha value is -1.94. The second-order valence-electron chi connectivity index (χ2n) is 5.56. The summed E-state index contributed by atoms with van der Waals surface area (Å²) in [5, 5.41) is 2.55. The van der Waals surface area contributed by atoms with Crippen LogP contribution in [0.2, 0.25) is 5.02 Å². The Morgan fingerprint density at radius 1 is 0.889 bits per heavy atom. The fraction of sp³-hybridized carbons (Fsp3) is 0.235. The number of hydrogen-bond acceptors (Lipinski definition) is 5. The van der Waals surface area contributed by atoms with Gasteiger partial charge in [-0.25, -0.2) is 21.6 Å². The lowest BCUT2D eigenvalue weighted by Crippen LogP contribution is -2.33. The first-order chi connectivity index (χ1) is 12.7. The predicted molar refractivity (Wildman–Crippen MR) is 103 cm³/mol. The fourth-order valence-corrected chi connectivity index (χ4v) is 4.93. The van der Waals surface area contributed by atoms with Crippen molar-refractivity contribution in [1.29, 1.82) is 0 Å². The van der Waals surface area contributed by atoms with Gasteiger partial charge in [0, 0.05) is 19.5 Å². The number of sulfonamides is 1. The maximum absolute atomic E-state index is 12.1. The van der Waals surface area contributed by atoms with E-state index in [1.807, 2.05) is 0 Å². The summed E-state index contributed by atoms with van der Waals surface area (Å²) in [6.07, 6.45) is -0.130. The number of carbonyl (C=O) groups excluding carboxylic acids is 1. The van der Waals surface area contributed by atoms with Gasteiger partial charge in [-0.05, 0) is 24.3 Å². The largest absolute Gasteiger partial charge is 0.355 e. The minimum atomic E-state index is -3.82. The smallest absolute Gasteiger partial charge is 0.242 e. The maximum Gasteiger partial charge on any atom is 0.242 e. The summed E-state index contributed by atoms with van der Waals surface area (Å²) in [7, 11) is -7.31. The van der Waals surface area contributed by atoms with Crippen LogP contribution in [0.3, 0.4) is 0 Å². The van der Waals surface area contributed by atoms with Gasteiger partial charge in [0.2, 0.25) is 15.9 Å². The van der Waals surface area contributed by atoms with E-state index in [0.717, 1.165) is 0 Å². The highest BCUT2D eigenvalue weighted by Crippen LogP contribution is 2.19. The molecular weight excluding hydrogens is 412 g/mol. The monoisotopic (exact) mass is 430 g/mol. The Balaban J connectivity index is 1.78. The lowest BCUT2D eigenvalue weighted by molar-refractivity contribution is -0.120. The van der Waals surface area contributed by atoms with E-state index in [9.17, 15) is 21.6 Å². The van der Waals surface area contributed by atoms with Crippen molar-refractivity contribution in [2.75, 3.05) is 18.8 Å². The molecule has 0 aliphatic rings. The third-order valence-electron chi connectivity index (χ3n) is 3.57. The van der Waals surface area contributed by atoms with E-state index in [2.05, 4.69) is 10.0 Å². The van der Waals surface area contributed by atoms with Gasteiger partial charge in [-0.3, -0.25) is 4.79 Å². The summed E-state index contributed by atoms with van der Waals surface area (Å²) in [4.78, 5) is 11.9. The SMILES string of the molecule is O=C(CCNS(=O)(=O)c1ccccc1Cl)NCCS(=O)(=O)c1ccccc1. The Bertz CT molecular complexity index is 993. The molecule has 2 rings (SSSR count). The van der Waals surface area contributed by atoms with Crippen LogP contribution in [0.1, 0.15) is 6.42 Å². The molecule has 0 fully saturated rings. The topological polar surface area (TPSA) is 109 Å². The fourth-order valence-electron chi connectivity index (χ4n) is 2.20. The molecule has 0 aliphatic carbocycles. The second-order valence-corrected chi connectivity index (χ2v) is 9.81. The van der Waals surface area contributed by atoms with Crippen molar-refractivity contribution >= 4 is 37.4 Å². The highest BCUT2D eigenvalue weighted by Gasteiger charge is 2.18. The molecule has 7 nitrogen and oxygen atoms in total. The first-order valence-electron chi connectivity index (χ1n) is 8.01. The molecule has 0 aliphatic heterocycles. The van der Waals surface area contributed by atoms with Crippen LogP contribution in [0.5, 0.6) is 0 Å². The van der Waals surface area contributed by atoms with Gasteiger partial charge >= 0.3 is 0 Å². The van der Waals surface area contributed by atoms with E-state index in [1.165, 1.54) is 24.3 Å². The van der Waals surface area contributed by atoms with Crippen molar-refractivity contribution in [2.24, 2.45) is 0 Å². The van der Waals surface area contributed by atoms with Gasteiger partial charge in [-0.1, -0.05) is 41.9 Å². The average Bonchev–Trinajstić information content (AvgIpc) is 2.62. The minimum absolute atomic E-state index is 0.0622. The highest BCUT2D eigenvalue weighted by molar-refractivity contribution is 7.91. The molecule has 0 saturated heterocycles. The first kappa shape index (κ1) is 21.4. The van der Waals surface area contributed by atoms with E-state index in [1.54, 1.807) is 30.3 Å². The average molecular weight is 431 g/mol. The molecule has 0 bridgehead atoms. The van der Waals surface area contributed by atoms with Crippen LogP contribution in [-0.4, -0.2) is 41.6 Å². The Morgan fingerprint density at radius 3 is 2.19 bits per heavy atom.